The lowest BCUT2D eigenvalue weighted by Gasteiger charge is -2.48. The number of aliphatic hydroxyl groups excluding tert-OH is 2. The number of primary sulfonamides is 1. The summed E-state index contributed by atoms with van der Waals surface area (Å²) in [5, 5.41) is 61.3. The zero-order valence-corrected chi connectivity index (χ0v) is 46.3. The van der Waals surface area contributed by atoms with Crippen LogP contribution in [0.25, 0.3) is 0 Å². The van der Waals surface area contributed by atoms with Crippen LogP contribution >= 0.6 is 0 Å². The van der Waals surface area contributed by atoms with Crippen molar-refractivity contribution in [2.45, 2.75) is 209 Å². The molecule has 418 valence electrons. The van der Waals surface area contributed by atoms with E-state index in [2.05, 4.69) is 15.2 Å². The van der Waals surface area contributed by atoms with Crippen molar-refractivity contribution < 1.29 is 71.2 Å². The molecular formula is C51H87FN6O14S. The minimum Gasteiger partial charge on any atom is -0.459 e. The predicted molar refractivity (Wildman–Crippen MR) is 268 cm³/mol. The summed E-state index contributed by atoms with van der Waals surface area (Å²) in [6.45, 7) is 17.9. The van der Waals surface area contributed by atoms with Gasteiger partial charge in [-0.2, -0.15) is 0 Å². The number of hydrogen-bond donors (Lipinski definition) is 5. The lowest BCUT2D eigenvalue weighted by Crippen LogP contribution is -2.59. The van der Waals surface area contributed by atoms with Crippen LogP contribution in [0.4, 0.5) is 4.39 Å². The summed E-state index contributed by atoms with van der Waals surface area (Å²) in [5.74, 6) is -2.64. The van der Waals surface area contributed by atoms with E-state index in [0.717, 1.165) is 0 Å². The lowest BCUT2D eigenvalue weighted by atomic mass is 9.77. The highest BCUT2D eigenvalue weighted by Crippen LogP contribution is 2.40. The standard InChI is InChI=1S/C51H87FN6O14S/c1-15-40-51(10,63)45(59)33(6)57(12)27-29(2)24-49(8,62)47(31(4)43(32(5)48(61)70-40)71-42-25-50(9,67-14)46(60)34(7)69-42)72-41-23-37(22-30(3)68-41)56(11)21-20-36-28-58(55-54-36)39(26-52)44(66-13)35-16-18-38(19-17-35)73(53,64)65/h16-19,28-34,37,39-47,59-60,62-63H,15,20-27H2,1-14H3,(H2,53,64,65)/t29-,30-,31+,32-,33-,34+,37+,39-,40-,41+,42+,43+,44-,45-,46+,47-,49-,50-,51-/m1/s1. The SMILES string of the molecule is CC[C@H]1OC(=O)[C@H](C)[C@@H](O[C@H]2C[C@@](C)(OC)[C@@H](O)[C@H](C)O2)[C@H](C)[C@@H](O[C@H]2C[C@@H](N(C)CCc3cn([C@H](CF)[C@H](OC)c4ccc(S(N)(=O)=O)cc4)nn3)C[C@@H](C)O2)[C@](C)(O)C[C@@H](C)CN(C)[C@H](C)[C@@H](O)[C@]1(C)O. The first-order chi connectivity index (χ1) is 34.0. The predicted octanol–water partition coefficient (Wildman–Crippen LogP) is 3.68. The van der Waals surface area contributed by atoms with Gasteiger partial charge >= 0.3 is 5.97 Å². The zero-order chi connectivity index (χ0) is 54.5. The fraction of sp³-hybridized carbons (Fsp3) is 0.824. The Hall–Kier alpha value is -2.81. The number of aliphatic hydroxyl groups is 4. The topological polar surface area (TPSA) is 260 Å². The number of sulfonamides is 1. The quantitative estimate of drug-likeness (QED) is 0.150. The van der Waals surface area contributed by atoms with E-state index in [4.69, 9.17) is 38.3 Å². The molecular weight excluding hydrogens is 972 g/mol. The minimum atomic E-state index is -3.92. The van der Waals surface area contributed by atoms with Crippen molar-refractivity contribution in [1.29, 1.82) is 0 Å². The molecule has 0 amide bonds. The number of benzene rings is 1. The van der Waals surface area contributed by atoms with E-state index in [0.29, 0.717) is 43.6 Å². The third kappa shape index (κ3) is 14.6. The summed E-state index contributed by atoms with van der Waals surface area (Å²) in [7, 11) is 2.86. The summed E-state index contributed by atoms with van der Waals surface area (Å²) in [4.78, 5) is 18.5. The third-order valence-corrected chi connectivity index (χ3v) is 16.9. The van der Waals surface area contributed by atoms with E-state index in [9.17, 15) is 38.0 Å². The van der Waals surface area contributed by atoms with Crippen LogP contribution in [0.3, 0.4) is 0 Å². The van der Waals surface area contributed by atoms with E-state index in [1.165, 1.54) is 50.1 Å². The molecule has 22 heteroatoms. The number of nitrogens with two attached hydrogens (primary N) is 1. The van der Waals surface area contributed by atoms with Crippen LogP contribution in [-0.2, 0) is 54.4 Å². The Bertz CT molecular complexity index is 2170. The first-order valence-corrected chi connectivity index (χ1v) is 27.3. The number of methoxy groups -OCH3 is 2. The van der Waals surface area contributed by atoms with Gasteiger partial charge in [-0.15, -0.1) is 5.10 Å². The van der Waals surface area contributed by atoms with E-state index < -0.39 is 119 Å². The Kier molecular flexibility index (Phi) is 21.0. The van der Waals surface area contributed by atoms with Gasteiger partial charge in [0.2, 0.25) is 10.0 Å². The molecule has 1 aromatic heterocycles. The van der Waals surface area contributed by atoms with Crippen molar-refractivity contribution in [3.63, 3.8) is 0 Å². The smallest absolute Gasteiger partial charge is 0.311 e. The van der Waals surface area contributed by atoms with Crippen LogP contribution in [0.15, 0.2) is 35.4 Å². The third-order valence-electron chi connectivity index (χ3n) is 15.9. The van der Waals surface area contributed by atoms with Crippen molar-refractivity contribution in [2.24, 2.45) is 22.9 Å². The molecule has 6 N–H and O–H groups in total. The summed E-state index contributed by atoms with van der Waals surface area (Å²) < 4.78 is 84.0. The van der Waals surface area contributed by atoms with E-state index in [1.54, 1.807) is 47.7 Å². The molecule has 5 rings (SSSR count). The Morgan fingerprint density at radius 1 is 0.973 bits per heavy atom. The van der Waals surface area contributed by atoms with Crippen molar-refractivity contribution in [3.05, 3.63) is 41.7 Å². The molecule has 3 fully saturated rings. The molecule has 0 bridgehead atoms. The Morgan fingerprint density at radius 2 is 1.63 bits per heavy atom. The normalized spacial score (nSPS) is 38.8. The van der Waals surface area contributed by atoms with E-state index >= 15 is 0 Å². The number of nitrogens with zero attached hydrogens (tertiary/aromatic N) is 5. The highest BCUT2D eigenvalue weighted by atomic mass is 32.2. The van der Waals surface area contributed by atoms with Crippen LogP contribution in [0.5, 0.6) is 0 Å². The Morgan fingerprint density at radius 3 is 2.22 bits per heavy atom. The maximum absolute atomic E-state index is 14.7. The average molecular weight is 1060 g/mol. The van der Waals surface area contributed by atoms with E-state index in [-0.39, 0.29) is 42.2 Å². The number of likely N-dealkylation sites (N-methyl/N-ethyl adjacent to an activating group) is 2. The molecule has 0 aliphatic carbocycles. The molecule has 4 heterocycles. The Balaban J connectivity index is 1.42. The molecule has 3 saturated heterocycles. The largest absolute Gasteiger partial charge is 0.459 e. The van der Waals surface area contributed by atoms with Gasteiger partial charge < -0.3 is 63.4 Å². The van der Waals surface area contributed by atoms with E-state index in [1.807, 2.05) is 39.8 Å². The lowest BCUT2D eigenvalue weighted by molar-refractivity contribution is -0.308. The summed E-state index contributed by atoms with van der Waals surface area (Å²) in [5.41, 5.74) is -3.30. The minimum absolute atomic E-state index is 0.0569. The Labute approximate surface area is 432 Å². The van der Waals surface area contributed by atoms with Crippen LogP contribution < -0.4 is 5.14 Å². The summed E-state index contributed by atoms with van der Waals surface area (Å²) in [6, 6.07) is 4.23. The molecule has 73 heavy (non-hydrogen) atoms. The van der Waals surface area contributed by atoms with Crippen molar-refractivity contribution in [1.82, 2.24) is 24.8 Å². The van der Waals surface area contributed by atoms with Crippen molar-refractivity contribution >= 4 is 16.0 Å². The van der Waals surface area contributed by atoms with Gasteiger partial charge in [-0.1, -0.05) is 38.1 Å². The molecule has 2 aromatic rings. The number of ether oxygens (including phenoxy) is 7. The summed E-state index contributed by atoms with van der Waals surface area (Å²) in [6.07, 6.45) is -5.23. The number of alkyl halides is 1. The molecule has 0 saturated carbocycles. The zero-order valence-electron chi connectivity index (χ0n) is 45.5. The van der Waals surface area contributed by atoms with Gasteiger partial charge in [0.15, 0.2) is 12.6 Å². The second-order valence-electron chi connectivity index (χ2n) is 22.0. The van der Waals surface area contributed by atoms with Gasteiger partial charge in [-0.05, 0) is 105 Å². The fourth-order valence-electron chi connectivity index (χ4n) is 11.3. The molecule has 20 nitrogen and oxygen atoms in total. The van der Waals surface area contributed by atoms with Gasteiger partial charge in [-0.3, -0.25) is 4.79 Å². The highest BCUT2D eigenvalue weighted by molar-refractivity contribution is 7.89. The highest BCUT2D eigenvalue weighted by Gasteiger charge is 2.52. The summed E-state index contributed by atoms with van der Waals surface area (Å²) >= 11 is 0. The first-order valence-electron chi connectivity index (χ1n) is 25.7. The molecule has 0 radical (unpaired) electrons. The number of aromatic nitrogens is 3. The molecule has 19 atom stereocenters. The molecule has 1 aromatic carbocycles. The first kappa shape index (κ1) is 61.0. The van der Waals surface area contributed by atoms with Crippen LogP contribution in [0.1, 0.15) is 125 Å². The molecule has 3 aliphatic heterocycles. The maximum Gasteiger partial charge on any atom is 0.311 e. The second-order valence-corrected chi connectivity index (χ2v) is 23.6. The van der Waals surface area contributed by atoms with Crippen LogP contribution in [-0.4, -0.2) is 192 Å². The number of hydrogen-bond acceptors (Lipinski definition) is 18. The van der Waals surface area contributed by atoms with Gasteiger partial charge in [-0.25, -0.2) is 22.6 Å². The maximum atomic E-state index is 14.7. The number of esters is 1. The monoisotopic (exact) mass is 1060 g/mol. The fourth-order valence-corrected chi connectivity index (χ4v) is 11.9. The number of cyclic esters (lactones) is 1. The molecule has 0 unspecified atom stereocenters. The van der Waals surface area contributed by atoms with Gasteiger partial charge in [0.1, 0.15) is 42.7 Å². The molecule has 0 spiro atoms. The van der Waals surface area contributed by atoms with Crippen LogP contribution in [0.2, 0.25) is 0 Å². The molecule has 3 aliphatic rings. The van der Waals surface area contributed by atoms with Gasteiger partial charge in [0, 0.05) is 70.8 Å². The number of halogens is 1. The average Bonchev–Trinajstić information content (AvgIpc) is 3.80. The van der Waals surface area contributed by atoms with Gasteiger partial charge in [0.05, 0.1) is 52.1 Å². The number of carbonyl (C=O) groups is 1. The van der Waals surface area contributed by atoms with Crippen molar-refractivity contribution in [2.75, 3.05) is 48.1 Å². The van der Waals surface area contributed by atoms with Crippen LogP contribution in [0, 0.1) is 17.8 Å². The van der Waals surface area contributed by atoms with Crippen molar-refractivity contribution in [3.8, 4) is 0 Å². The number of rotatable bonds is 16. The van der Waals surface area contributed by atoms with Gasteiger partial charge in [0.25, 0.3) is 0 Å². The number of carbonyl (C=O) groups excluding carboxylic acids is 1. The second kappa shape index (κ2) is 25.1.